The minimum absolute atomic E-state index is 0.172. The predicted molar refractivity (Wildman–Crippen MR) is 115 cm³/mol. The van der Waals surface area contributed by atoms with Gasteiger partial charge in [-0.05, 0) is 48.4 Å². The largest absolute Gasteiger partial charge is 0.388 e. The molecule has 3 aromatic rings. The van der Waals surface area contributed by atoms with E-state index in [0.29, 0.717) is 21.5 Å². The van der Waals surface area contributed by atoms with Crippen LogP contribution in [0.4, 0.5) is 5.69 Å². The highest BCUT2D eigenvalue weighted by Crippen LogP contribution is 2.33. The van der Waals surface area contributed by atoms with E-state index in [1.807, 2.05) is 67.6 Å². The minimum atomic E-state index is -0.628. The summed E-state index contributed by atoms with van der Waals surface area (Å²) in [6.45, 7) is 2.02. The number of anilines is 1. The van der Waals surface area contributed by atoms with Gasteiger partial charge in [-0.2, -0.15) is 0 Å². The van der Waals surface area contributed by atoms with Crippen LogP contribution >= 0.6 is 34.8 Å². The van der Waals surface area contributed by atoms with Crippen molar-refractivity contribution in [1.29, 1.82) is 0 Å². The monoisotopic (exact) mass is 419 g/mol. The molecule has 0 radical (unpaired) electrons. The Labute approximate surface area is 174 Å². The molecule has 0 aliphatic carbocycles. The topological polar surface area (TPSA) is 32.3 Å². The van der Waals surface area contributed by atoms with Gasteiger partial charge in [0.2, 0.25) is 0 Å². The average molecular weight is 421 g/mol. The first-order chi connectivity index (χ1) is 12.9. The number of aliphatic hydroxyl groups is 1. The van der Waals surface area contributed by atoms with Gasteiger partial charge in [-0.3, -0.25) is 0 Å². The lowest BCUT2D eigenvalue weighted by atomic mass is 9.96. The number of halogens is 3. The summed E-state index contributed by atoms with van der Waals surface area (Å²) in [7, 11) is 0. The summed E-state index contributed by atoms with van der Waals surface area (Å²) >= 11 is 18.4. The van der Waals surface area contributed by atoms with Gasteiger partial charge in [0, 0.05) is 17.1 Å². The van der Waals surface area contributed by atoms with Crippen LogP contribution in [0.1, 0.15) is 35.3 Å². The van der Waals surface area contributed by atoms with Crippen LogP contribution in [0.15, 0.2) is 66.7 Å². The second-order valence-corrected chi connectivity index (χ2v) is 7.79. The molecule has 0 heterocycles. The second-order valence-electron chi connectivity index (χ2n) is 6.54. The second kappa shape index (κ2) is 8.99. The number of hydrogen-bond donors (Lipinski definition) is 2. The third-order valence-electron chi connectivity index (χ3n) is 4.43. The molecule has 0 saturated carbocycles. The summed E-state index contributed by atoms with van der Waals surface area (Å²) in [4.78, 5) is 0. The lowest BCUT2D eigenvalue weighted by molar-refractivity contribution is 0.160. The summed E-state index contributed by atoms with van der Waals surface area (Å²) in [5.74, 6) is 0. The van der Waals surface area contributed by atoms with Crippen molar-refractivity contribution in [3.8, 4) is 0 Å². The fourth-order valence-corrected chi connectivity index (χ4v) is 3.43. The molecule has 2 unspecified atom stereocenters. The van der Waals surface area contributed by atoms with Gasteiger partial charge in [0.05, 0.1) is 22.2 Å². The van der Waals surface area contributed by atoms with Crippen LogP contribution in [-0.2, 0) is 0 Å². The molecule has 140 valence electrons. The van der Waals surface area contributed by atoms with Crippen LogP contribution in [-0.4, -0.2) is 5.11 Å². The van der Waals surface area contributed by atoms with E-state index in [2.05, 4.69) is 5.32 Å². The number of hydrogen-bond acceptors (Lipinski definition) is 2. The maximum absolute atomic E-state index is 10.8. The van der Waals surface area contributed by atoms with Gasteiger partial charge in [0.1, 0.15) is 0 Å². The molecule has 0 aliphatic heterocycles. The first kappa shape index (κ1) is 20.0. The van der Waals surface area contributed by atoms with E-state index in [9.17, 15) is 5.11 Å². The van der Waals surface area contributed by atoms with Gasteiger partial charge in [-0.15, -0.1) is 0 Å². The molecule has 3 rings (SSSR count). The highest BCUT2D eigenvalue weighted by molar-refractivity contribution is 6.42. The van der Waals surface area contributed by atoms with Crippen LogP contribution in [0, 0.1) is 6.92 Å². The van der Waals surface area contributed by atoms with Crippen molar-refractivity contribution in [2.75, 3.05) is 5.32 Å². The molecular weight excluding hydrogens is 401 g/mol. The Hall–Kier alpha value is -1.71. The minimum Gasteiger partial charge on any atom is -0.388 e. The molecule has 0 saturated heterocycles. The Morgan fingerprint density at radius 2 is 1.56 bits per heavy atom. The average Bonchev–Trinajstić information content (AvgIpc) is 2.64. The summed E-state index contributed by atoms with van der Waals surface area (Å²) in [6.07, 6.45) is -0.162. The van der Waals surface area contributed by atoms with Gasteiger partial charge >= 0.3 is 0 Å². The molecule has 3 aromatic carbocycles. The lowest BCUT2D eigenvalue weighted by Gasteiger charge is -2.24. The molecule has 0 fully saturated rings. The summed E-state index contributed by atoms with van der Waals surface area (Å²) in [5.41, 5.74) is 3.84. The first-order valence-electron chi connectivity index (χ1n) is 8.64. The van der Waals surface area contributed by atoms with Gasteiger partial charge in [-0.25, -0.2) is 0 Å². The van der Waals surface area contributed by atoms with E-state index in [4.69, 9.17) is 34.8 Å². The zero-order chi connectivity index (χ0) is 19.4. The number of benzene rings is 3. The first-order valence-corrected chi connectivity index (χ1v) is 9.77. The molecular formula is C22H20Cl3NO. The fourth-order valence-electron chi connectivity index (χ4n) is 2.93. The van der Waals surface area contributed by atoms with E-state index in [0.717, 1.165) is 22.4 Å². The molecule has 0 aromatic heterocycles. The smallest absolute Gasteiger partial charge is 0.0812 e. The van der Waals surface area contributed by atoms with E-state index in [1.54, 1.807) is 6.07 Å². The Bertz CT molecular complexity index is 912. The highest BCUT2D eigenvalue weighted by Gasteiger charge is 2.19. The molecule has 2 N–H and O–H groups in total. The molecule has 0 bridgehead atoms. The van der Waals surface area contributed by atoms with Crippen molar-refractivity contribution in [2.45, 2.75) is 25.5 Å². The van der Waals surface area contributed by atoms with Crippen molar-refractivity contribution in [3.05, 3.63) is 98.5 Å². The molecule has 0 aliphatic rings. The fraction of sp³-hybridized carbons (Fsp3) is 0.182. The summed E-state index contributed by atoms with van der Waals surface area (Å²) in [6, 6.07) is 20.7. The van der Waals surface area contributed by atoms with Crippen LogP contribution < -0.4 is 5.32 Å². The Morgan fingerprint density at radius 1 is 0.852 bits per heavy atom. The SMILES string of the molecule is Cc1ccc(C(O)CC(Nc2cccc(Cl)c2)c2ccc(Cl)c(Cl)c2)cc1. The predicted octanol–water partition coefficient (Wildman–Crippen LogP) is 7.23. The molecule has 27 heavy (non-hydrogen) atoms. The van der Waals surface area contributed by atoms with Crippen molar-refractivity contribution < 1.29 is 5.11 Å². The lowest BCUT2D eigenvalue weighted by Crippen LogP contribution is -2.15. The number of aliphatic hydroxyl groups excluding tert-OH is 1. The number of rotatable bonds is 6. The quantitative estimate of drug-likeness (QED) is 0.441. The number of nitrogens with one attached hydrogen (secondary N) is 1. The van der Waals surface area contributed by atoms with E-state index in [1.165, 1.54) is 0 Å². The van der Waals surface area contributed by atoms with Crippen molar-refractivity contribution in [3.63, 3.8) is 0 Å². The Morgan fingerprint density at radius 3 is 2.22 bits per heavy atom. The van der Waals surface area contributed by atoms with E-state index >= 15 is 0 Å². The molecule has 0 amide bonds. The van der Waals surface area contributed by atoms with Crippen molar-refractivity contribution in [2.24, 2.45) is 0 Å². The Balaban J connectivity index is 1.88. The standard InChI is InChI=1S/C22H20Cl3NO/c1-14-5-7-15(8-6-14)22(27)13-21(16-9-10-19(24)20(25)11-16)26-18-4-2-3-17(23)12-18/h2-12,21-22,26-27H,13H2,1H3. The molecule has 0 spiro atoms. The van der Waals surface area contributed by atoms with E-state index < -0.39 is 6.10 Å². The van der Waals surface area contributed by atoms with Crippen molar-refractivity contribution in [1.82, 2.24) is 0 Å². The maximum atomic E-state index is 10.8. The maximum Gasteiger partial charge on any atom is 0.0812 e. The zero-order valence-corrected chi connectivity index (χ0v) is 17.1. The van der Waals surface area contributed by atoms with Crippen LogP contribution in [0.5, 0.6) is 0 Å². The van der Waals surface area contributed by atoms with Gasteiger partial charge < -0.3 is 10.4 Å². The van der Waals surface area contributed by atoms with Gasteiger partial charge in [-0.1, -0.05) is 76.8 Å². The Kier molecular flexibility index (Phi) is 6.67. The summed E-state index contributed by atoms with van der Waals surface area (Å²) < 4.78 is 0. The van der Waals surface area contributed by atoms with Crippen LogP contribution in [0.3, 0.4) is 0 Å². The highest BCUT2D eigenvalue weighted by atomic mass is 35.5. The van der Waals surface area contributed by atoms with Crippen molar-refractivity contribution >= 4 is 40.5 Å². The zero-order valence-electron chi connectivity index (χ0n) is 14.8. The van der Waals surface area contributed by atoms with Gasteiger partial charge in [0.25, 0.3) is 0 Å². The van der Waals surface area contributed by atoms with E-state index in [-0.39, 0.29) is 6.04 Å². The third kappa shape index (κ3) is 5.40. The van der Waals surface area contributed by atoms with Crippen LogP contribution in [0.25, 0.3) is 0 Å². The molecule has 5 heteroatoms. The number of aryl methyl sites for hydroxylation is 1. The summed E-state index contributed by atoms with van der Waals surface area (Å²) in [5, 5.41) is 15.9. The normalized spacial score (nSPS) is 13.2. The third-order valence-corrected chi connectivity index (χ3v) is 5.41. The molecule has 2 nitrogen and oxygen atoms in total. The van der Waals surface area contributed by atoms with Crippen LogP contribution in [0.2, 0.25) is 15.1 Å². The van der Waals surface area contributed by atoms with Gasteiger partial charge in [0.15, 0.2) is 0 Å². The molecule has 2 atom stereocenters.